The number of aromatic hydroxyl groups is 1. The van der Waals surface area contributed by atoms with Crippen molar-refractivity contribution in [3.05, 3.63) is 29.3 Å². The van der Waals surface area contributed by atoms with Crippen LogP contribution in [0, 0.1) is 6.92 Å². The van der Waals surface area contributed by atoms with Gasteiger partial charge in [0.2, 0.25) is 0 Å². The third-order valence-corrected chi connectivity index (χ3v) is 4.18. The molecular weight excluding hydrogens is 238 g/mol. The Morgan fingerprint density at radius 3 is 2.59 bits per heavy atom. The Bertz CT molecular complexity index is 463. The van der Waals surface area contributed by atoms with Crippen molar-refractivity contribution in [2.45, 2.75) is 6.92 Å². The van der Waals surface area contributed by atoms with Crippen molar-refractivity contribution in [3.8, 4) is 5.75 Å². The van der Waals surface area contributed by atoms with Crippen LogP contribution in [0.3, 0.4) is 0 Å². The van der Waals surface area contributed by atoms with Gasteiger partial charge in [0.1, 0.15) is 5.75 Å². The normalized spacial score (nSPS) is 17.1. The molecule has 2 rings (SSSR count). The summed E-state index contributed by atoms with van der Waals surface area (Å²) < 4.78 is 11.2. The first kappa shape index (κ1) is 12.1. The molecule has 0 saturated carbocycles. The van der Waals surface area contributed by atoms with Crippen LogP contribution >= 0.6 is 0 Å². The van der Waals surface area contributed by atoms with Crippen molar-refractivity contribution < 1.29 is 14.1 Å². The van der Waals surface area contributed by atoms with Gasteiger partial charge in [-0.3, -0.25) is 9.00 Å². The van der Waals surface area contributed by atoms with Gasteiger partial charge in [0.25, 0.3) is 5.91 Å². The summed E-state index contributed by atoms with van der Waals surface area (Å²) in [6, 6.07) is 4.84. The van der Waals surface area contributed by atoms with E-state index in [1.807, 2.05) is 0 Å². The van der Waals surface area contributed by atoms with Crippen LogP contribution < -0.4 is 0 Å². The number of aryl methyl sites for hydroxylation is 1. The van der Waals surface area contributed by atoms with E-state index in [2.05, 4.69) is 0 Å². The van der Waals surface area contributed by atoms with Crippen molar-refractivity contribution in [2.75, 3.05) is 24.6 Å². The smallest absolute Gasteiger partial charge is 0.253 e. The minimum atomic E-state index is -0.776. The zero-order chi connectivity index (χ0) is 12.4. The second-order valence-electron chi connectivity index (χ2n) is 4.14. The Labute approximate surface area is 103 Å². The summed E-state index contributed by atoms with van der Waals surface area (Å²) in [5.74, 6) is 1.26. The summed E-state index contributed by atoms with van der Waals surface area (Å²) >= 11 is 0. The third kappa shape index (κ3) is 2.66. The molecule has 1 amide bonds. The number of amides is 1. The fourth-order valence-corrected chi connectivity index (χ4v) is 2.86. The summed E-state index contributed by atoms with van der Waals surface area (Å²) in [4.78, 5) is 13.8. The second kappa shape index (κ2) is 4.87. The van der Waals surface area contributed by atoms with Crippen molar-refractivity contribution in [3.63, 3.8) is 0 Å². The summed E-state index contributed by atoms with van der Waals surface area (Å²) in [7, 11) is -0.776. The first-order valence-corrected chi connectivity index (χ1v) is 7.00. The van der Waals surface area contributed by atoms with E-state index in [1.54, 1.807) is 24.0 Å². The van der Waals surface area contributed by atoms with Gasteiger partial charge < -0.3 is 10.0 Å². The Morgan fingerprint density at radius 1 is 1.35 bits per heavy atom. The number of nitrogens with zero attached hydrogens (tertiary/aromatic N) is 1. The first-order valence-electron chi connectivity index (χ1n) is 5.52. The second-order valence-corrected chi connectivity index (χ2v) is 5.84. The molecule has 1 N–H and O–H groups in total. The molecule has 1 saturated heterocycles. The lowest BCUT2D eigenvalue weighted by molar-refractivity contribution is 0.0771. The molecule has 1 aromatic carbocycles. The Morgan fingerprint density at radius 2 is 2.00 bits per heavy atom. The Hall–Kier alpha value is -1.36. The van der Waals surface area contributed by atoms with Crippen LogP contribution in [0.2, 0.25) is 0 Å². The summed E-state index contributed by atoms with van der Waals surface area (Å²) in [6.07, 6.45) is 0. The molecule has 0 aromatic heterocycles. The molecule has 92 valence electrons. The van der Waals surface area contributed by atoms with Gasteiger partial charge in [0.05, 0.1) is 0 Å². The third-order valence-electron chi connectivity index (χ3n) is 2.91. The van der Waals surface area contributed by atoms with Crippen molar-refractivity contribution >= 4 is 16.7 Å². The molecule has 1 fully saturated rings. The molecule has 1 heterocycles. The van der Waals surface area contributed by atoms with Gasteiger partial charge in [-0.1, -0.05) is 0 Å². The lowest BCUT2D eigenvalue weighted by Crippen LogP contribution is -2.41. The van der Waals surface area contributed by atoms with Crippen molar-refractivity contribution in [1.82, 2.24) is 4.90 Å². The predicted octanol–water partition coefficient (Wildman–Crippen LogP) is 0.905. The average Bonchev–Trinajstić information content (AvgIpc) is 2.33. The van der Waals surface area contributed by atoms with Gasteiger partial charge >= 0.3 is 0 Å². The highest BCUT2D eigenvalue weighted by Crippen LogP contribution is 2.18. The molecule has 1 aliphatic rings. The number of carbonyl (C=O) groups is 1. The minimum Gasteiger partial charge on any atom is -0.508 e. The van der Waals surface area contributed by atoms with Gasteiger partial charge in [-0.2, -0.15) is 0 Å². The maximum absolute atomic E-state index is 12.1. The van der Waals surface area contributed by atoms with E-state index >= 15 is 0 Å². The lowest BCUT2D eigenvalue weighted by Gasteiger charge is -2.26. The summed E-state index contributed by atoms with van der Waals surface area (Å²) in [6.45, 7) is 2.86. The maximum Gasteiger partial charge on any atom is 0.253 e. The van der Waals surface area contributed by atoms with E-state index < -0.39 is 10.8 Å². The molecule has 0 radical (unpaired) electrons. The lowest BCUT2D eigenvalue weighted by atomic mass is 10.1. The number of hydrogen-bond acceptors (Lipinski definition) is 3. The standard InChI is InChI=1S/C12H15NO3S/c1-9-8-10(2-3-11(9)14)12(15)13-4-6-17(16)7-5-13/h2-3,8,14H,4-7H2,1H3. The van der Waals surface area contributed by atoms with Crippen LogP contribution in [0.4, 0.5) is 0 Å². The van der Waals surface area contributed by atoms with E-state index in [1.165, 1.54) is 6.07 Å². The molecule has 0 spiro atoms. The summed E-state index contributed by atoms with van der Waals surface area (Å²) in [5.41, 5.74) is 1.27. The molecule has 4 nitrogen and oxygen atoms in total. The molecule has 0 bridgehead atoms. The van der Waals surface area contributed by atoms with E-state index in [0.717, 1.165) is 0 Å². The molecular formula is C12H15NO3S. The first-order chi connectivity index (χ1) is 8.08. The molecule has 1 aliphatic heterocycles. The monoisotopic (exact) mass is 253 g/mol. The van der Waals surface area contributed by atoms with Crippen LogP contribution in [0.25, 0.3) is 0 Å². The maximum atomic E-state index is 12.1. The molecule has 0 atom stereocenters. The SMILES string of the molecule is Cc1cc(C(=O)N2CCS(=O)CC2)ccc1O. The Kier molecular flexibility index (Phi) is 3.47. The number of carbonyl (C=O) groups excluding carboxylic acids is 1. The topological polar surface area (TPSA) is 57.6 Å². The molecule has 0 aliphatic carbocycles. The molecule has 5 heteroatoms. The van der Waals surface area contributed by atoms with Crippen molar-refractivity contribution in [2.24, 2.45) is 0 Å². The van der Waals surface area contributed by atoms with Crippen LogP contribution in [0.15, 0.2) is 18.2 Å². The molecule has 0 unspecified atom stereocenters. The highest BCUT2D eigenvalue weighted by atomic mass is 32.2. The zero-order valence-electron chi connectivity index (χ0n) is 9.68. The van der Waals surface area contributed by atoms with Gasteiger partial charge in [-0.25, -0.2) is 0 Å². The fourth-order valence-electron chi connectivity index (χ4n) is 1.81. The number of benzene rings is 1. The average molecular weight is 253 g/mol. The highest BCUT2D eigenvalue weighted by molar-refractivity contribution is 7.85. The Balaban J connectivity index is 2.14. The van der Waals surface area contributed by atoms with Gasteiger partial charge in [-0.15, -0.1) is 0 Å². The van der Waals surface area contributed by atoms with E-state index in [-0.39, 0.29) is 11.7 Å². The fraction of sp³-hybridized carbons (Fsp3) is 0.417. The number of hydrogen-bond donors (Lipinski definition) is 1. The minimum absolute atomic E-state index is 0.0511. The van der Waals surface area contributed by atoms with E-state index in [0.29, 0.717) is 35.7 Å². The van der Waals surface area contributed by atoms with Gasteiger partial charge in [-0.05, 0) is 30.7 Å². The largest absolute Gasteiger partial charge is 0.508 e. The number of rotatable bonds is 1. The van der Waals surface area contributed by atoms with Crippen molar-refractivity contribution in [1.29, 1.82) is 0 Å². The van der Waals surface area contributed by atoms with Gasteiger partial charge in [0.15, 0.2) is 0 Å². The summed E-state index contributed by atoms with van der Waals surface area (Å²) in [5, 5.41) is 9.41. The quantitative estimate of drug-likeness (QED) is 0.809. The molecule has 1 aromatic rings. The highest BCUT2D eigenvalue weighted by Gasteiger charge is 2.21. The predicted molar refractivity (Wildman–Crippen MR) is 66.6 cm³/mol. The number of phenolic OH excluding ortho intramolecular Hbond substituents is 1. The van der Waals surface area contributed by atoms with Crippen LogP contribution in [-0.4, -0.2) is 44.7 Å². The number of phenols is 1. The van der Waals surface area contributed by atoms with E-state index in [9.17, 15) is 14.1 Å². The molecule has 17 heavy (non-hydrogen) atoms. The van der Waals surface area contributed by atoms with Crippen LogP contribution in [0.1, 0.15) is 15.9 Å². The zero-order valence-corrected chi connectivity index (χ0v) is 10.5. The van der Waals surface area contributed by atoms with Gasteiger partial charge in [0, 0.05) is 41.0 Å². The van der Waals surface area contributed by atoms with E-state index in [4.69, 9.17) is 0 Å². The van der Waals surface area contributed by atoms with Crippen LogP contribution in [-0.2, 0) is 10.8 Å². The van der Waals surface area contributed by atoms with Crippen LogP contribution in [0.5, 0.6) is 5.75 Å².